The Hall–Kier alpha value is -3.89. The van der Waals surface area contributed by atoms with Crippen molar-refractivity contribution >= 4 is 38.7 Å². The average molecular weight is 549 g/mol. The molecule has 0 bridgehead atoms. The van der Waals surface area contributed by atoms with Crippen LogP contribution >= 0.6 is 12.2 Å². The summed E-state index contributed by atoms with van der Waals surface area (Å²) in [6, 6.07) is 22.4. The van der Waals surface area contributed by atoms with Gasteiger partial charge in [-0.2, -0.15) is 0 Å². The van der Waals surface area contributed by atoms with Crippen molar-refractivity contribution in [2.45, 2.75) is 25.9 Å². The van der Waals surface area contributed by atoms with Gasteiger partial charge in [0.05, 0.1) is 30.3 Å². The number of pyridine rings is 1. The van der Waals surface area contributed by atoms with Gasteiger partial charge in [0.25, 0.3) is 0 Å². The maximum Gasteiger partial charge on any atom is 0.229 e. The molecule has 1 aliphatic rings. The van der Waals surface area contributed by atoms with Crippen molar-refractivity contribution in [1.29, 1.82) is 0 Å². The third-order valence-corrected chi connectivity index (χ3v) is 7.15. The van der Waals surface area contributed by atoms with Crippen molar-refractivity contribution < 1.29 is 17.6 Å². The van der Waals surface area contributed by atoms with E-state index in [2.05, 4.69) is 15.0 Å². The number of furan rings is 1. The second-order valence-corrected chi connectivity index (χ2v) is 11.2. The van der Waals surface area contributed by atoms with Gasteiger partial charge in [-0.05, 0) is 98.4 Å². The normalized spacial score (nSPS) is 17.3. The second-order valence-electron chi connectivity index (χ2n) is 9.03. The van der Waals surface area contributed by atoms with E-state index in [-0.39, 0.29) is 12.1 Å². The minimum absolute atomic E-state index is 0.267. The summed E-state index contributed by atoms with van der Waals surface area (Å²) in [7, 11) is -3.40. The maximum absolute atomic E-state index is 11.8. The first kappa shape index (κ1) is 25.7. The van der Waals surface area contributed by atoms with E-state index >= 15 is 0 Å². The number of aryl methyl sites for hydroxylation is 1. The Morgan fingerprint density at radius 3 is 2.55 bits per heavy atom. The van der Waals surface area contributed by atoms with E-state index in [1.807, 2.05) is 85.5 Å². The molecule has 2 atom stereocenters. The van der Waals surface area contributed by atoms with Crippen LogP contribution in [-0.2, 0) is 10.0 Å². The molecule has 0 radical (unpaired) electrons. The monoisotopic (exact) mass is 548 g/mol. The predicted octanol–water partition coefficient (Wildman–Crippen LogP) is 5.60. The molecule has 0 amide bonds. The highest BCUT2D eigenvalue weighted by atomic mass is 32.2. The zero-order valence-electron chi connectivity index (χ0n) is 21.2. The Morgan fingerprint density at radius 2 is 1.89 bits per heavy atom. The molecule has 2 N–H and O–H groups in total. The van der Waals surface area contributed by atoms with Gasteiger partial charge >= 0.3 is 0 Å². The first-order valence-electron chi connectivity index (χ1n) is 12.2. The number of anilines is 2. The van der Waals surface area contributed by atoms with Gasteiger partial charge in [0.15, 0.2) is 5.11 Å². The zero-order chi connectivity index (χ0) is 26.9. The SMILES string of the molecule is CCOc1ccc(-c2ccc(C3C(c4ccccn4)NC(=S)N3c3ccc(NS(C)(=O)=O)c(C)c3)o2)cc1. The van der Waals surface area contributed by atoms with Crippen molar-refractivity contribution in [3.8, 4) is 17.1 Å². The van der Waals surface area contributed by atoms with Crippen LogP contribution in [0.25, 0.3) is 11.3 Å². The highest BCUT2D eigenvalue weighted by Crippen LogP contribution is 2.43. The molecule has 0 spiro atoms. The van der Waals surface area contributed by atoms with Crippen LogP contribution in [0.3, 0.4) is 0 Å². The van der Waals surface area contributed by atoms with Gasteiger partial charge in [-0.15, -0.1) is 0 Å². The minimum atomic E-state index is -3.40. The first-order valence-corrected chi connectivity index (χ1v) is 14.5. The van der Waals surface area contributed by atoms with E-state index in [0.717, 1.165) is 40.3 Å². The van der Waals surface area contributed by atoms with E-state index in [1.165, 1.54) is 0 Å². The molecule has 1 aliphatic heterocycles. The van der Waals surface area contributed by atoms with Gasteiger partial charge in [0.2, 0.25) is 10.0 Å². The number of rotatable bonds is 8. The van der Waals surface area contributed by atoms with E-state index < -0.39 is 10.0 Å². The Bertz CT molecular complexity index is 1550. The number of hydrogen-bond donors (Lipinski definition) is 2. The van der Waals surface area contributed by atoms with Crippen LogP contribution in [-0.4, -0.2) is 31.4 Å². The molecule has 0 saturated carbocycles. The summed E-state index contributed by atoms with van der Waals surface area (Å²) in [6.07, 6.45) is 2.88. The topological polar surface area (TPSA) is 96.7 Å². The van der Waals surface area contributed by atoms with Crippen molar-refractivity contribution in [3.05, 3.63) is 96.0 Å². The number of thiocarbonyl (C=S) groups is 1. The lowest BCUT2D eigenvalue weighted by molar-refractivity contribution is 0.340. The van der Waals surface area contributed by atoms with Crippen LogP contribution in [0, 0.1) is 6.92 Å². The molecule has 4 aromatic rings. The molecule has 10 heteroatoms. The molecule has 2 aromatic heterocycles. The highest BCUT2D eigenvalue weighted by Gasteiger charge is 2.42. The second kappa shape index (κ2) is 10.5. The molecule has 1 saturated heterocycles. The van der Waals surface area contributed by atoms with Crippen LogP contribution in [0.1, 0.15) is 36.0 Å². The van der Waals surface area contributed by atoms with E-state index in [4.69, 9.17) is 21.4 Å². The molecule has 38 heavy (non-hydrogen) atoms. The van der Waals surface area contributed by atoms with Crippen molar-refractivity contribution in [3.63, 3.8) is 0 Å². The first-order chi connectivity index (χ1) is 18.2. The van der Waals surface area contributed by atoms with E-state index in [0.29, 0.717) is 23.2 Å². The summed E-state index contributed by atoms with van der Waals surface area (Å²) in [5.41, 5.74) is 3.85. The summed E-state index contributed by atoms with van der Waals surface area (Å²) >= 11 is 5.80. The van der Waals surface area contributed by atoms with Crippen molar-refractivity contribution in [2.24, 2.45) is 0 Å². The molecule has 2 unspecified atom stereocenters. The summed E-state index contributed by atoms with van der Waals surface area (Å²) in [5, 5.41) is 3.94. The number of benzene rings is 2. The summed E-state index contributed by atoms with van der Waals surface area (Å²) in [6.45, 7) is 4.41. The Labute approximate surface area is 227 Å². The van der Waals surface area contributed by atoms with Gasteiger partial charge in [-0.3, -0.25) is 9.71 Å². The maximum atomic E-state index is 11.8. The summed E-state index contributed by atoms with van der Waals surface area (Å²) < 4.78 is 38.1. The number of nitrogens with zero attached hydrogens (tertiary/aromatic N) is 2. The fourth-order valence-corrected chi connectivity index (χ4v) is 5.56. The Kier molecular flexibility index (Phi) is 7.09. The fourth-order valence-electron chi connectivity index (χ4n) is 4.58. The van der Waals surface area contributed by atoms with Crippen LogP contribution < -0.4 is 19.7 Å². The fraction of sp³-hybridized carbons (Fsp3) is 0.214. The highest BCUT2D eigenvalue weighted by molar-refractivity contribution is 7.92. The molecule has 5 rings (SSSR count). The Balaban J connectivity index is 1.54. The number of nitrogens with one attached hydrogen (secondary N) is 2. The Morgan fingerprint density at radius 1 is 1.11 bits per heavy atom. The number of ether oxygens (including phenoxy) is 1. The standard InChI is InChI=1S/C28H28N4O4S2/c1-4-35-21-11-8-19(9-12-21)24-14-15-25(36-24)27-26(23-7-5-6-16-29-23)30-28(37)32(27)20-10-13-22(18(2)17-20)31-38(3,33)34/h5-17,26-27,31H,4H2,1-3H3,(H,30,37). The van der Waals surface area contributed by atoms with Gasteiger partial charge < -0.3 is 19.4 Å². The third-order valence-electron chi connectivity index (χ3n) is 6.25. The smallest absolute Gasteiger partial charge is 0.229 e. The van der Waals surface area contributed by atoms with Gasteiger partial charge in [0, 0.05) is 17.4 Å². The van der Waals surface area contributed by atoms with Crippen LogP contribution in [0.15, 0.2) is 83.4 Å². The van der Waals surface area contributed by atoms with Crippen LogP contribution in [0.2, 0.25) is 0 Å². The van der Waals surface area contributed by atoms with Crippen LogP contribution in [0.4, 0.5) is 11.4 Å². The molecule has 2 aromatic carbocycles. The molecule has 196 valence electrons. The van der Waals surface area contributed by atoms with E-state index in [9.17, 15) is 8.42 Å². The largest absolute Gasteiger partial charge is 0.494 e. The quantitative estimate of drug-likeness (QED) is 0.275. The predicted molar refractivity (Wildman–Crippen MR) is 153 cm³/mol. The lowest BCUT2D eigenvalue weighted by Gasteiger charge is -2.26. The molecular weight excluding hydrogens is 520 g/mol. The summed E-state index contributed by atoms with van der Waals surface area (Å²) in [4.78, 5) is 6.57. The zero-order valence-corrected chi connectivity index (χ0v) is 22.8. The lowest BCUT2D eigenvalue weighted by atomic mass is 10.0. The molecule has 8 nitrogen and oxygen atoms in total. The number of hydrogen-bond acceptors (Lipinski definition) is 6. The molecule has 3 heterocycles. The van der Waals surface area contributed by atoms with Gasteiger partial charge in [-0.1, -0.05) is 6.07 Å². The van der Waals surface area contributed by atoms with Gasteiger partial charge in [-0.25, -0.2) is 8.42 Å². The van der Waals surface area contributed by atoms with Crippen LogP contribution in [0.5, 0.6) is 5.75 Å². The average Bonchev–Trinajstić information content (AvgIpc) is 3.50. The van der Waals surface area contributed by atoms with E-state index in [1.54, 1.807) is 12.3 Å². The lowest BCUT2D eigenvalue weighted by Crippen LogP contribution is -2.29. The minimum Gasteiger partial charge on any atom is -0.494 e. The molecule has 1 fully saturated rings. The number of sulfonamides is 1. The summed E-state index contributed by atoms with van der Waals surface area (Å²) in [5.74, 6) is 2.25. The number of aromatic nitrogens is 1. The van der Waals surface area contributed by atoms with Crippen molar-refractivity contribution in [1.82, 2.24) is 10.3 Å². The molecule has 0 aliphatic carbocycles. The molecular formula is C28H28N4O4S2. The van der Waals surface area contributed by atoms with Gasteiger partial charge in [0.1, 0.15) is 23.3 Å². The van der Waals surface area contributed by atoms with Crippen molar-refractivity contribution in [2.75, 3.05) is 22.5 Å². The third kappa shape index (κ3) is 5.36.